The molecule has 1 fully saturated rings. The Bertz CT molecular complexity index is 818. The molecule has 0 amide bonds. The Morgan fingerprint density at radius 2 is 1.72 bits per heavy atom. The van der Waals surface area contributed by atoms with Gasteiger partial charge in [0.05, 0.1) is 31.5 Å². The van der Waals surface area contributed by atoms with E-state index in [2.05, 4.69) is 42.6 Å². The zero-order valence-corrected chi connectivity index (χ0v) is 14.6. The number of quaternary nitrogens is 1. The van der Waals surface area contributed by atoms with Crippen LogP contribution in [0.2, 0.25) is 0 Å². The Balaban J connectivity index is 1.72. The van der Waals surface area contributed by atoms with Crippen LogP contribution in [0.1, 0.15) is 18.4 Å². The van der Waals surface area contributed by atoms with E-state index in [0.717, 1.165) is 29.2 Å². The molecule has 2 aromatic carbocycles. The molecule has 128 valence electrons. The molecule has 3 aromatic rings. The van der Waals surface area contributed by atoms with Crippen LogP contribution in [-0.2, 0) is 6.54 Å². The summed E-state index contributed by atoms with van der Waals surface area (Å²) in [5.74, 6) is 0.873. The first-order valence-electron chi connectivity index (χ1n) is 8.95. The van der Waals surface area contributed by atoms with Crippen LogP contribution in [0.25, 0.3) is 16.9 Å². The number of para-hydroxylation sites is 1. The summed E-state index contributed by atoms with van der Waals surface area (Å²) in [5, 5.41) is 4.91. The number of likely N-dealkylation sites (tertiary alicyclic amines) is 1. The Hall–Kier alpha value is -2.59. The van der Waals surface area contributed by atoms with Gasteiger partial charge in [-0.2, -0.15) is 5.10 Å². The van der Waals surface area contributed by atoms with Gasteiger partial charge in [-0.05, 0) is 36.4 Å². The molecule has 0 radical (unpaired) electrons. The summed E-state index contributed by atoms with van der Waals surface area (Å²) in [7, 11) is 1.70. The summed E-state index contributed by atoms with van der Waals surface area (Å²) in [6.45, 7) is 3.56. The zero-order valence-electron chi connectivity index (χ0n) is 14.6. The molecule has 4 rings (SSSR count). The number of ether oxygens (including phenoxy) is 1. The molecule has 0 unspecified atom stereocenters. The highest BCUT2D eigenvalue weighted by Crippen LogP contribution is 2.25. The van der Waals surface area contributed by atoms with Gasteiger partial charge in [0.15, 0.2) is 0 Å². The standard InChI is InChI=1S/C21H23N3O/c1-25-20-11-9-17(10-12-20)21-18(15-23-13-5-6-14-23)16-24(22-21)19-7-3-2-4-8-19/h2-4,7-12,16H,5-6,13-15H2,1H3/p+1. The summed E-state index contributed by atoms with van der Waals surface area (Å²) in [5.41, 5.74) is 4.63. The van der Waals surface area contributed by atoms with E-state index in [1.165, 1.54) is 31.5 Å². The molecule has 1 saturated heterocycles. The van der Waals surface area contributed by atoms with Crippen LogP contribution in [0.5, 0.6) is 5.75 Å². The average Bonchev–Trinajstić information content (AvgIpc) is 3.33. The highest BCUT2D eigenvalue weighted by Gasteiger charge is 2.20. The Labute approximate surface area is 148 Å². The number of nitrogens with one attached hydrogen (secondary N) is 1. The predicted octanol–water partition coefficient (Wildman–Crippen LogP) is 2.73. The first kappa shape index (κ1) is 15.9. The van der Waals surface area contributed by atoms with E-state index in [1.807, 2.05) is 22.9 Å². The summed E-state index contributed by atoms with van der Waals surface area (Å²) in [6, 6.07) is 18.5. The lowest BCUT2D eigenvalue weighted by Crippen LogP contribution is -3.08. The third kappa shape index (κ3) is 3.44. The Morgan fingerprint density at radius 3 is 2.40 bits per heavy atom. The molecule has 1 aliphatic heterocycles. The van der Waals surface area contributed by atoms with E-state index < -0.39 is 0 Å². The van der Waals surface area contributed by atoms with Gasteiger partial charge in [0.1, 0.15) is 18.0 Å². The van der Waals surface area contributed by atoms with Gasteiger partial charge in [-0.1, -0.05) is 18.2 Å². The smallest absolute Gasteiger partial charge is 0.118 e. The van der Waals surface area contributed by atoms with Crippen LogP contribution in [0.4, 0.5) is 0 Å². The first-order chi connectivity index (χ1) is 12.3. The van der Waals surface area contributed by atoms with Gasteiger partial charge in [0, 0.05) is 24.6 Å². The predicted molar refractivity (Wildman–Crippen MR) is 99.2 cm³/mol. The third-order valence-electron chi connectivity index (χ3n) is 4.93. The van der Waals surface area contributed by atoms with Crippen molar-refractivity contribution in [2.24, 2.45) is 0 Å². The summed E-state index contributed by atoms with van der Waals surface area (Å²) >= 11 is 0. The molecule has 2 heterocycles. The molecule has 4 heteroatoms. The van der Waals surface area contributed by atoms with Crippen LogP contribution in [-0.4, -0.2) is 30.0 Å². The van der Waals surface area contributed by atoms with Crippen molar-refractivity contribution in [3.63, 3.8) is 0 Å². The normalized spacial score (nSPS) is 14.8. The summed E-state index contributed by atoms with van der Waals surface area (Å²) < 4.78 is 7.29. The second-order valence-corrected chi connectivity index (χ2v) is 6.65. The van der Waals surface area contributed by atoms with Gasteiger partial charge >= 0.3 is 0 Å². The molecule has 25 heavy (non-hydrogen) atoms. The second kappa shape index (κ2) is 7.11. The van der Waals surface area contributed by atoms with Crippen molar-refractivity contribution in [3.8, 4) is 22.7 Å². The lowest BCUT2D eigenvalue weighted by molar-refractivity contribution is -0.901. The largest absolute Gasteiger partial charge is 0.497 e. The summed E-state index contributed by atoms with van der Waals surface area (Å²) in [4.78, 5) is 1.65. The van der Waals surface area contributed by atoms with Gasteiger partial charge in [-0.25, -0.2) is 4.68 Å². The number of rotatable bonds is 5. The minimum absolute atomic E-state index is 0.873. The van der Waals surface area contributed by atoms with Crippen LogP contribution in [0.3, 0.4) is 0 Å². The van der Waals surface area contributed by atoms with Gasteiger partial charge in [-0.3, -0.25) is 0 Å². The molecular formula is C21H24N3O+. The zero-order chi connectivity index (χ0) is 17.1. The minimum Gasteiger partial charge on any atom is -0.497 e. The van der Waals surface area contributed by atoms with Crippen molar-refractivity contribution in [1.29, 1.82) is 0 Å². The molecule has 0 saturated carbocycles. The fourth-order valence-electron chi connectivity index (χ4n) is 3.57. The van der Waals surface area contributed by atoms with Crippen molar-refractivity contribution < 1.29 is 9.64 Å². The van der Waals surface area contributed by atoms with Gasteiger partial charge < -0.3 is 9.64 Å². The van der Waals surface area contributed by atoms with Crippen molar-refractivity contribution >= 4 is 0 Å². The maximum absolute atomic E-state index is 5.29. The van der Waals surface area contributed by atoms with Crippen molar-refractivity contribution in [2.45, 2.75) is 19.4 Å². The quantitative estimate of drug-likeness (QED) is 0.778. The number of hydrogen-bond acceptors (Lipinski definition) is 2. The van der Waals surface area contributed by atoms with E-state index in [9.17, 15) is 0 Å². The summed E-state index contributed by atoms with van der Waals surface area (Å²) in [6.07, 6.45) is 4.86. The van der Waals surface area contributed by atoms with Crippen molar-refractivity contribution in [3.05, 3.63) is 66.4 Å². The molecule has 0 spiro atoms. The highest BCUT2D eigenvalue weighted by molar-refractivity contribution is 5.64. The average molecular weight is 334 g/mol. The van der Waals surface area contributed by atoms with Gasteiger partial charge in [-0.15, -0.1) is 0 Å². The molecule has 0 atom stereocenters. The van der Waals surface area contributed by atoms with E-state index in [0.29, 0.717) is 0 Å². The number of nitrogens with zero attached hydrogens (tertiary/aromatic N) is 2. The van der Waals surface area contributed by atoms with Crippen LogP contribution >= 0.6 is 0 Å². The Morgan fingerprint density at radius 1 is 1.00 bits per heavy atom. The van der Waals surface area contributed by atoms with Crippen molar-refractivity contribution in [2.75, 3.05) is 20.2 Å². The molecular weight excluding hydrogens is 310 g/mol. The van der Waals surface area contributed by atoms with Crippen LogP contribution in [0, 0.1) is 0 Å². The highest BCUT2D eigenvalue weighted by atomic mass is 16.5. The molecule has 1 N–H and O–H groups in total. The van der Waals surface area contributed by atoms with Gasteiger partial charge in [0.2, 0.25) is 0 Å². The third-order valence-corrected chi connectivity index (χ3v) is 4.93. The second-order valence-electron chi connectivity index (χ2n) is 6.65. The number of aromatic nitrogens is 2. The lowest BCUT2D eigenvalue weighted by Gasteiger charge is -2.11. The topological polar surface area (TPSA) is 31.5 Å². The molecule has 0 aliphatic carbocycles. The fraction of sp³-hybridized carbons (Fsp3) is 0.286. The SMILES string of the molecule is COc1ccc(-c2nn(-c3ccccc3)cc2C[NH+]2CCCC2)cc1. The lowest BCUT2D eigenvalue weighted by atomic mass is 10.1. The number of hydrogen-bond donors (Lipinski definition) is 1. The van der Waals surface area contributed by atoms with Crippen molar-refractivity contribution in [1.82, 2.24) is 9.78 Å². The molecule has 1 aliphatic rings. The number of benzene rings is 2. The van der Waals surface area contributed by atoms with Crippen LogP contribution in [0.15, 0.2) is 60.8 Å². The first-order valence-corrected chi connectivity index (χ1v) is 8.95. The van der Waals surface area contributed by atoms with E-state index >= 15 is 0 Å². The van der Waals surface area contributed by atoms with E-state index in [4.69, 9.17) is 9.84 Å². The molecule has 1 aromatic heterocycles. The maximum Gasteiger partial charge on any atom is 0.118 e. The fourth-order valence-corrected chi connectivity index (χ4v) is 3.57. The van der Waals surface area contributed by atoms with Crippen LogP contribution < -0.4 is 9.64 Å². The maximum atomic E-state index is 5.29. The van der Waals surface area contributed by atoms with Gasteiger partial charge in [0.25, 0.3) is 0 Å². The molecule has 4 nitrogen and oxygen atoms in total. The Kier molecular flexibility index (Phi) is 4.53. The monoisotopic (exact) mass is 334 g/mol. The van der Waals surface area contributed by atoms with E-state index in [1.54, 1.807) is 12.0 Å². The number of methoxy groups -OCH3 is 1. The molecule has 0 bridgehead atoms. The minimum atomic E-state index is 0.873. The van der Waals surface area contributed by atoms with E-state index in [-0.39, 0.29) is 0 Å².